The van der Waals surface area contributed by atoms with Gasteiger partial charge in [-0.3, -0.25) is 14.2 Å². The van der Waals surface area contributed by atoms with Gasteiger partial charge in [0.15, 0.2) is 35.3 Å². The van der Waals surface area contributed by atoms with Gasteiger partial charge in [0.2, 0.25) is 0 Å². The number of Topliss-reactive ketones (excluding diaryl/α,β-unsaturated/α-hetero) is 1. The topological polar surface area (TPSA) is 129 Å². The molecule has 0 amide bonds. The summed E-state index contributed by atoms with van der Waals surface area (Å²) in [7, 11) is 1.65. The Labute approximate surface area is 206 Å². The smallest absolute Gasteiger partial charge is 0.453 e. The van der Waals surface area contributed by atoms with E-state index < -0.39 is 11.8 Å². The van der Waals surface area contributed by atoms with E-state index in [0.29, 0.717) is 11.3 Å². The van der Waals surface area contributed by atoms with E-state index in [-0.39, 0.29) is 62.6 Å². The number of aryl methyl sites for hydroxylation is 1. The summed E-state index contributed by atoms with van der Waals surface area (Å²) >= 11 is 18.8. The predicted octanol–water partition coefficient (Wildman–Crippen LogP) is 4.37. The number of carbonyl (C=O) groups is 2. The normalized spacial score (nSPS) is 11.1. The van der Waals surface area contributed by atoms with E-state index in [1.165, 1.54) is 29.8 Å². The fourth-order valence-electron chi connectivity index (χ4n) is 3.22. The Morgan fingerprint density at radius 1 is 1.15 bits per heavy atom. The molecule has 0 aliphatic carbocycles. The van der Waals surface area contributed by atoms with Crippen molar-refractivity contribution < 1.29 is 23.2 Å². The molecule has 0 radical (unpaired) electrons. The van der Waals surface area contributed by atoms with Crippen LogP contribution >= 0.6 is 34.8 Å². The maximum absolute atomic E-state index is 13.2. The van der Waals surface area contributed by atoms with E-state index in [4.69, 9.17) is 48.4 Å². The number of ketones is 1. The zero-order chi connectivity index (χ0) is 24.6. The van der Waals surface area contributed by atoms with Crippen LogP contribution < -0.4 is 11.1 Å². The number of nitrogens with zero attached hydrogens (tertiary/aromatic N) is 3. The molecule has 0 spiro atoms. The second kappa shape index (κ2) is 9.49. The molecule has 13 heteroatoms. The number of aromatic nitrogens is 3. The van der Waals surface area contributed by atoms with Gasteiger partial charge in [0.05, 0.1) is 21.4 Å². The molecule has 0 saturated carbocycles. The van der Waals surface area contributed by atoms with Gasteiger partial charge in [-0.05, 0) is 19.1 Å². The molecule has 10 nitrogen and oxygen atoms in total. The molecule has 4 aromatic rings. The van der Waals surface area contributed by atoms with Gasteiger partial charge in [0, 0.05) is 31.4 Å². The van der Waals surface area contributed by atoms with Gasteiger partial charge in [0.1, 0.15) is 5.15 Å². The number of fused-ring (bicyclic) bond motifs is 1. The Bertz CT molecular complexity index is 1470. The van der Waals surface area contributed by atoms with Crippen molar-refractivity contribution in [3.05, 3.63) is 78.8 Å². The van der Waals surface area contributed by atoms with Crippen LogP contribution in [0.5, 0.6) is 0 Å². The lowest BCUT2D eigenvalue weighted by molar-refractivity contribution is 0.0437. The number of carbonyl (C=O) groups excluding carboxylic acids is 2. The van der Waals surface area contributed by atoms with Gasteiger partial charge in [0.25, 0.3) is 0 Å². The molecule has 0 saturated heterocycles. The zero-order valence-electron chi connectivity index (χ0n) is 17.6. The SMILES string of the molecule is CNc1ccc(C(=O)Cc2c(Cl)cncc2Cl)n2c(Cl)c(C(=O)OCc3oc(=O)oc3C)nc12. The number of pyridine rings is 2. The fourth-order valence-corrected chi connectivity index (χ4v) is 4.01. The molecule has 0 atom stereocenters. The molecule has 0 unspecified atom stereocenters. The van der Waals surface area contributed by atoms with Gasteiger partial charge >= 0.3 is 11.8 Å². The minimum absolute atomic E-state index is 0.0520. The number of esters is 1. The van der Waals surface area contributed by atoms with E-state index in [9.17, 15) is 14.4 Å². The average Bonchev–Trinajstić information content (AvgIpc) is 3.32. The van der Waals surface area contributed by atoms with Crippen LogP contribution in [0.2, 0.25) is 15.2 Å². The maximum atomic E-state index is 13.2. The molecule has 0 aliphatic rings. The van der Waals surface area contributed by atoms with Crippen LogP contribution in [0.4, 0.5) is 5.69 Å². The summed E-state index contributed by atoms with van der Waals surface area (Å²) < 4.78 is 16.1. The van der Waals surface area contributed by atoms with Crippen molar-refractivity contribution in [2.45, 2.75) is 20.0 Å². The molecule has 0 fully saturated rings. The Morgan fingerprint density at radius 3 is 2.47 bits per heavy atom. The van der Waals surface area contributed by atoms with Gasteiger partial charge in [-0.1, -0.05) is 34.8 Å². The Morgan fingerprint density at radius 2 is 1.85 bits per heavy atom. The van der Waals surface area contributed by atoms with Gasteiger partial charge < -0.3 is 18.9 Å². The van der Waals surface area contributed by atoms with E-state index in [1.54, 1.807) is 13.1 Å². The Balaban J connectivity index is 1.71. The number of anilines is 1. The lowest BCUT2D eigenvalue weighted by atomic mass is 10.1. The highest BCUT2D eigenvalue weighted by molar-refractivity contribution is 6.36. The van der Waals surface area contributed by atoms with Crippen LogP contribution in [0, 0.1) is 6.92 Å². The monoisotopic (exact) mass is 524 g/mol. The van der Waals surface area contributed by atoms with Gasteiger partial charge in [-0.2, -0.15) is 0 Å². The number of ether oxygens (including phenoxy) is 1. The zero-order valence-corrected chi connectivity index (χ0v) is 19.9. The largest absolute Gasteiger partial charge is 0.519 e. The predicted molar refractivity (Wildman–Crippen MR) is 123 cm³/mol. The maximum Gasteiger partial charge on any atom is 0.519 e. The number of nitrogens with one attached hydrogen (secondary N) is 1. The molecule has 1 N–H and O–H groups in total. The Kier molecular flexibility index (Phi) is 6.65. The number of hydrogen-bond acceptors (Lipinski definition) is 9. The van der Waals surface area contributed by atoms with Crippen molar-refractivity contribution in [3.63, 3.8) is 0 Å². The van der Waals surface area contributed by atoms with Crippen molar-refractivity contribution in [3.8, 4) is 0 Å². The van der Waals surface area contributed by atoms with Crippen LogP contribution in [0.1, 0.15) is 38.1 Å². The molecule has 0 bridgehead atoms. The van der Waals surface area contributed by atoms with Gasteiger partial charge in [-0.15, -0.1) is 0 Å². The van der Waals surface area contributed by atoms with E-state index >= 15 is 0 Å². The van der Waals surface area contributed by atoms with Crippen LogP contribution in [0.15, 0.2) is 38.2 Å². The summed E-state index contributed by atoms with van der Waals surface area (Å²) in [6.45, 7) is 1.12. The first-order valence-corrected chi connectivity index (χ1v) is 10.8. The molecule has 0 aliphatic heterocycles. The van der Waals surface area contributed by atoms with Crippen molar-refractivity contribution in [2.75, 3.05) is 12.4 Å². The number of halogens is 3. The first kappa shape index (κ1) is 23.8. The molecule has 4 aromatic heterocycles. The van der Waals surface area contributed by atoms with Crippen LogP contribution in [-0.4, -0.2) is 33.2 Å². The summed E-state index contributed by atoms with van der Waals surface area (Å²) in [5.74, 6) is -1.95. The minimum atomic E-state index is -0.912. The van der Waals surface area contributed by atoms with E-state index in [0.717, 1.165) is 0 Å². The van der Waals surface area contributed by atoms with E-state index in [2.05, 4.69) is 15.3 Å². The van der Waals surface area contributed by atoms with Gasteiger partial charge in [-0.25, -0.2) is 14.6 Å². The minimum Gasteiger partial charge on any atom is -0.453 e. The third kappa shape index (κ3) is 4.39. The second-order valence-electron chi connectivity index (χ2n) is 6.98. The third-order valence-electron chi connectivity index (χ3n) is 4.92. The van der Waals surface area contributed by atoms with Crippen molar-refractivity contribution in [2.24, 2.45) is 0 Å². The summed E-state index contributed by atoms with van der Waals surface area (Å²) in [5, 5.41) is 3.28. The number of rotatable bonds is 7. The van der Waals surface area contributed by atoms with Crippen molar-refractivity contribution >= 4 is 57.9 Å². The van der Waals surface area contributed by atoms with Crippen molar-refractivity contribution in [1.29, 1.82) is 0 Å². The Hall–Kier alpha value is -3.34. The average molecular weight is 526 g/mol. The first-order chi connectivity index (χ1) is 16.2. The molecule has 4 heterocycles. The number of imidazole rings is 1. The highest BCUT2D eigenvalue weighted by Crippen LogP contribution is 2.29. The highest BCUT2D eigenvalue weighted by Gasteiger charge is 2.26. The van der Waals surface area contributed by atoms with Crippen LogP contribution in [0.25, 0.3) is 5.65 Å². The summed E-state index contributed by atoms with van der Waals surface area (Å²) in [6, 6.07) is 3.16. The van der Waals surface area contributed by atoms with Crippen LogP contribution in [-0.2, 0) is 17.8 Å². The molecular formula is C21H15Cl3N4O6. The van der Waals surface area contributed by atoms with E-state index in [1.807, 2.05) is 0 Å². The highest BCUT2D eigenvalue weighted by atomic mass is 35.5. The molecule has 0 aromatic carbocycles. The number of hydrogen-bond donors (Lipinski definition) is 1. The lowest BCUT2D eigenvalue weighted by Gasteiger charge is -2.10. The fraction of sp³-hybridized carbons (Fsp3) is 0.190. The molecule has 34 heavy (non-hydrogen) atoms. The van der Waals surface area contributed by atoms with Crippen molar-refractivity contribution in [1.82, 2.24) is 14.4 Å². The quantitative estimate of drug-likeness (QED) is 0.276. The molecular weight excluding hydrogens is 511 g/mol. The molecule has 4 rings (SSSR count). The summed E-state index contributed by atoms with van der Waals surface area (Å²) in [4.78, 5) is 45.2. The first-order valence-electron chi connectivity index (χ1n) is 9.67. The molecule has 176 valence electrons. The standard InChI is InChI=1S/C21H15Cl3N4O6/c1-9-16(34-21(31)33-9)8-32-20(30)17-18(24)28-14(4-3-13(25-2)19(28)27-17)15(29)5-10-11(22)6-26-7-12(10)23/h3-4,6-7,25H,5,8H2,1-2H3. The summed E-state index contributed by atoms with van der Waals surface area (Å²) in [6.07, 6.45) is 2.64. The van der Waals surface area contributed by atoms with Crippen LogP contribution in [0.3, 0.4) is 0 Å². The third-order valence-corrected chi connectivity index (χ3v) is 5.92. The lowest BCUT2D eigenvalue weighted by Crippen LogP contribution is -2.11. The summed E-state index contributed by atoms with van der Waals surface area (Å²) in [5.41, 5.74) is 1.05. The second-order valence-corrected chi connectivity index (χ2v) is 8.16.